The van der Waals surface area contributed by atoms with Crippen molar-refractivity contribution in [3.63, 3.8) is 0 Å². The number of amides is 2. The summed E-state index contributed by atoms with van der Waals surface area (Å²) in [6, 6.07) is 14.0. The summed E-state index contributed by atoms with van der Waals surface area (Å²) in [7, 11) is 0. The van der Waals surface area contributed by atoms with Gasteiger partial charge in [0, 0.05) is 29.8 Å². The molecule has 1 N–H and O–H groups in total. The number of para-hydroxylation sites is 2. The number of urea groups is 1. The standard InChI is InChI=1S/C19H20ClN3O/c1-13-15(20)7-4-8-16(13)21-19(24)23-12-14-6-5-11-22(14)17-9-2-3-10-18(17)23/h2-4,7-10,14H,5-6,11-12H2,1H3,(H,21,24)/t14-/m0/s1. The second-order valence-electron chi connectivity index (χ2n) is 6.43. The van der Waals surface area contributed by atoms with E-state index in [1.165, 1.54) is 6.42 Å². The molecule has 2 aliphatic rings. The lowest BCUT2D eigenvalue weighted by Gasteiger charge is -2.40. The fourth-order valence-corrected chi connectivity index (χ4v) is 3.88. The molecule has 124 valence electrons. The number of carbonyl (C=O) groups is 1. The van der Waals surface area contributed by atoms with Crippen LogP contribution in [0.15, 0.2) is 42.5 Å². The van der Waals surface area contributed by atoms with E-state index < -0.39 is 0 Å². The van der Waals surface area contributed by atoms with Crippen LogP contribution in [0.2, 0.25) is 5.02 Å². The highest BCUT2D eigenvalue weighted by molar-refractivity contribution is 6.31. The van der Waals surface area contributed by atoms with Crippen LogP contribution in [0, 0.1) is 6.92 Å². The highest BCUT2D eigenvalue weighted by atomic mass is 35.5. The Kier molecular flexibility index (Phi) is 3.85. The Bertz CT molecular complexity index is 792. The van der Waals surface area contributed by atoms with Gasteiger partial charge in [-0.05, 0) is 49.6 Å². The minimum absolute atomic E-state index is 0.0978. The highest BCUT2D eigenvalue weighted by Crippen LogP contribution is 2.39. The zero-order valence-electron chi connectivity index (χ0n) is 13.6. The van der Waals surface area contributed by atoms with E-state index in [9.17, 15) is 4.79 Å². The molecule has 1 fully saturated rings. The Labute approximate surface area is 147 Å². The Morgan fingerprint density at radius 1 is 1.17 bits per heavy atom. The molecule has 24 heavy (non-hydrogen) atoms. The maximum Gasteiger partial charge on any atom is 0.326 e. The molecule has 0 unspecified atom stereocenters. The van der Waals surface area contributed by atoms with Gasteiger partial charge in [-0.1, -0.05) is 29.8 Å². The molecule has 2 amide bonds. The van der Waals surface area contributed by atoms with Crippen LogP contribution < -0.4 is 15.1 Å². The Morgan fingerprint density at radius 2 is 1.96 bits per heavy atom. The van der Waals surface area contributed by atoms with Gasteiger partial charge in [-0.2, -0.15) is 0 Å². The molecule has 5 heteroatoms. The molecule has 0 radical (unpaired) electrons. The summed E-state index contributed by atoms with van der Waals surface area (Å²) in [5.74, 6) is 0. The average molecular weight is 342 g/mol. The van der Waals surface area contributed by atoms with Crippen LogP contribution in [0.5, 0.6) is 0 Å². The molecule has 1 saturated heterocycles. The largest absolute Gasteiger partial charge is 0.365 e. The summed E-state index contributed by atoms with van der Waals surface area (Å²) in [4.78, 5) is 17.2. The molecule has 2 aromatic carbocycles. The molecule has 0 spiro atoms. The maximum absolute atomic E-state index is 12.9. The topological polar surface area (TPSA) is 35.6 Å². The van der Waals surface area contributed by atoms with Gasteiger partial charge in [-0.15, -0.1) is 0 Å². The third kappa shape index (κ3) is 2.51. The summed E-state index contributed by atoms with van der Waals surface area (Å²) < 4.78 is 0. The molecule has 4 rings (SSSR count). The highest BCUT2D eigenvalue weighted by Gasteiger charge is 2.36. The van der Waals surface area contributed by atoms with Gasteiger partial charge in [0.05, 0.1) is 11.4 Å². The van der Waals surface area contributed by atoms with Gasteiger partial charge in [-0.3, -0.25) is 4.90 Å². The van der Waals surface area contributed by atoms with Gasteiger partial charge in [0.2, 0.25) is 0 Å². The minimum atomic E-state index is -0.0978. The monoisotopic (exact) mass is 341 g/mol. The molecule has 2 aliphatic heterocycles. The number of rotatable bonds is 1. The number of benzene rings is 2. The first-order chi connectivity index (χ1) is 11.6. The van der Waals surface area contributed by atoms with E-state index in [2.05, 4.69) is 16.3 Å². The summed E-state index contributed by atoms with van der Waals surface area (Å²) >= 11 is 6.17. The van der Waals surface area contributed by atoms with Crippen molar-refractivity contribution >= 4 is 34.7 Å². The number of nitrogens with zero attached hydrogens (tertiary/aromatic N) is 2. The van der Waals surface area contributed by atoms with Crippen LogP contribution in [0.25, 0.3) is 0 Å². The van der Waals surface area contributed by atoms with Crippen LogP contribution in [-0.4, -0.2) is 25.2 Å². The predicted octanol–water partition coefficient (Wildman–Crippen LogP) is 4.67. The van der Waals surface area contributed by atoms with Crippen LogP contribution >= 0.6 is 11.6 Å². The molecular weight excluding hydrogens is 322 g/mol. The van der Waals surface area contributed by atoms with Crippen molar-refractivity contribution in [1.82, 2.24) is 0 Å². The number of fused-ring (bicyclic) bond motifs is 3. The van der Waals surface area contributed by atoms with E-state index in [0.717, 1.165) is 42.1 Å². The van der Waals surface area contributed by atoms with E-state index >= 15 is 0 Å². The molecule has 2 heterocycles. The van der Waals surface area contributed by atoms with Crippen molar-refractivity contribution in [1.29, 1.82) is 0 Å². The van der Waals surface area contributed by atoms with Gasteiger partial charge in [0.25, 0.3) is 0 Å². The molecule has 0 saturated carbocycles. The predicted molar refractivity (Wildman–Crippen MR) is 99.4 cm³/mol. The lowest BCUT2D eigenvalue weighted by Crippen LogP contribution is -2.49. The first-order valence-corrected chi connectivity index (χ1v) is 8.72. The van der Waals surface area contributed by atoms with Gasteiger partial charge in [-0.25, -0.2) is 4.79 Å². The van der Waals surface area contributed by atoms with Gasteiger partial charge in [0.1, 0.15) is 0 Å². The number of halogens is 1. The zero-order valence-corrected chi connectivity index (χ0v) is 14.4. The van der Waals surface area contributed by atoms with Crippen LogP contribution in [-0.2, 0) is 0 Å². The smallest absolute Gasteiger partial charge is 0.326 e. The number of hydrogen-bond donors (Lipinski definition) is 1. The summed E-state index contributed by atoms with van der Waals surface area (Å²) in [5, 5.41) is 3.69. The second kappa shape index (κ2) is 6.02. The zero-order chi connectivity index (χ0) is 16.7. The van der Waals surface area contributed by atoms with Crippen molar-refractivity contribution in [3.8, 4) is 0 Å². The normalized spacial score (nSPS) is 19.0. The van der Waals surface area contributed by atoms with Crippen molar-refractivity contribution in [2.24, 2.45) is 0 Å². The molecule has 1 atom stereocenters. The molecule has 0 aromatic heterocycles. The van der Waals surface area contributed by atoms with Crippen LogP contribution in [0.1, 0.15) is 18.4 Å². The van der Waals surface area contributed by atoms with E-state index in [1.807, 2.05) is 48.2 Å². The lowest BCUT2D eigenvalue weighted by atomic mass is 10.1. The summed E-state index contributed by atoms with van der Waals surface area (Å²) in [6.07, 6.45) is 2.32. The third-order valence-electron chi connectivity index (χ3n) is 5.01. The molecular formula is C19H20ClN3O. The first kappa shape index (κ1) is 15.3. The fraction of sp³-hybridized carbons (Fsp3) is 0.316. The van der Waals surface area contributed by atoms with Crippen molar-refractivity contribution < 1.29 is 4.79 Å². The van der Waals surface area contributed by atoms with Crippen molar-refractivity contribution in [3.05, 3.63) is 53.1 Å². The van der Waals surface area contributed by atoms with E-state index in [1.54, 1.807) is 0 Å². The summed E-state index contributed by atoms with van der Waals surface area (Å²) in [6.45, 7) is 3.72. The van der Waals surface area contributed by atoms with Gasteiger partial charge in [0.15, 0.2) is 0 Å². The van der Waals surface area contributed by atoms with E-state index in [4.69, 9.17) is 11.6 Å². The maximum atomic E-state index is 12.9. The Hall–Kier alpha value is -2.20. The van der Waals surface area contributed by atoms with Gasteiger partial charge >= 0.3 is 6.03 Å². The fourth-order valence-electron chi connectivity index (χ4n) is 3.70. The minimum Gasteiger partial charge on any atom is -0.365 e. The third-order valence-corrected chi connectivity index (χ3v) is 5.42. The van der Waals surface area contributed by atoms with E-state index in [-0.39, 0.29) is 6.03 Å². The summed E-state index contributed by atoms with van der Waals surface area (Å²) in [5.41, 5.74) is 3.79. The Morgan fingerprint density at radius 3 is 2.79 bits per heavy atom. The quantitative estimate of drug-likeness (QED) is 0.818. The number of anilines is 3. The molecule has 2 aromatic rings. The average Bonchev–Trinajstić information content (AvgIpc) is 3.07. The molecule has 4 nitrogen and oxygen atoms in total. The molecule has 0 aliphatic carbocycles. The molecule has 0 bridgehead atoms. The van der Waals surface area contributed by atoms with Crippen LogP contribution in [0.4, 0.5) is 21.9 Å². The van der Waals surface area contributed by atoms with Gasteiger partial charge < -0.3 is 10.2 Å². The second-order valence-corrected chi connectivity index (χ2v) is 6.84. The van der Waals surface area contributed by atoms with E-state index in [0.29, 0.717) is 11.1 Å². The number of hydrogen-bond acceptors (Lipinski definition) is 2. The first-order valence-electron chi connectivity index (χ1n) is 8.34. The lowest BCUT2D eigenvalue weighted by molar-refractivity contribution is 0.256. The van der Waals surface area contributed by atoms with Crippen molar-refractivity contribution in [2.75, 3.05) is 28.2 Å². The number of carbonyl (C=O) groups excluding carboxylic acids is 1. The SMILES string of the molecule is Cc1c(Cl)cccc1NC(=O)N1C[C@@H]2CCCN2c2ccccc21. The van der Waals surface area contributed by atoms with Crippen LogP contribution in [0.3, 0.4) is 0 Å². The van der Waals surface area contributed by atoms with Crippen molar-refractivity contribution in [2.45, 2.75) is 25.8 Å². The number of nitrogens with one attached hydrogen (secondary N) is 1. The Balaban J connectivity index is 1.65.